The maximum atomic E-state index is 12.9. The molecule has 0 heterocycles. The number of carbonyl (C=O) groups is 3. The number of hydrogen-bond acceptors (Lipinski definition) is 10. The van der Waals surface area contributed by atoms with Gasteiger partial charge in [0.2, 0.25) is 0 Å². The van der Waals surface area contributed by atoms with Crippen LogP contribution >= 0.6 is 7.82 Å². The van der Waals surface area contributed by atoms with Crippen LogP contribution in [0, 0.1) is 0 Å². The van der Waals surface area contributed by atoms with Gasteiger partial charge in [0.05, 0.1) is 19.8 Å². The quantitative estimate of drug-likeness (QED) is 0.0197. The second-order valence-electron chi connectivity index (χ2n) is 20.1. The highest BCUT2D eigenvalue weighted by Crippen LogP contribution is 2.43. The molecule has 0 aliphatic rings. The second kappa shape index (κ2) is 57.8. The van der Waals surface area contributed by atoms with Crippen LogP contribution in [0.4, 0.5) is 0 Å². The number of ether oxygens (including phenoxy) is 3. The molecule has 0 spiro atoms. The van der Waals surface area contributed by atoms with Crippen LogP contribution in [0.2, 0.25) is 0 Å². The van der Waals surface area contributed by atoms with Crippen LogP contribution in [-0.2, 0) is 42.2 Å². The van der Waals surface area contributed by atoms with E-state index in [0.717, 1.165) is 141 Å². The summed E-state index contributed by atoms with van der Waals surface area (Å²) in [5.41, 5.74) is 0. The lowest BCUT2D eigenvalue weighted by Gasteiger charge is -2.21. The number of phosphoric acid groups is 1. The summed E-state index contributed by atoms with van der Waals surface area (Å²) < 4.78 is 39.6. The van der Waals surface area contributed by atoms with E-state index in [4.69, 9.17) is 23.3 Å². The van der Waals surface area contributed by atoms with Gasteiger partial charge in [-0.1, -0.05) is 241 Å². The molecule has 0 rings (SSSR count). The average molecular weight is 1090 g/mol. The molecule has 0 aromatic heterocycles. The number of carbonyl (C=O) groups excluding carboxylic acids is 3. The van der Waals surface area contributed by atoms with Gasteiger partial charge >= 0.3 is 25.7 Å². The molecule has 0 fully saturated rings. The van der Waals surface area contributed by atoms with E-state index < -0.39 is 57.8 Å². The molecule has 11 nitrogen and oxygen atoms in total. The lowest BCUT2D eigenvalue weighted by molar-refractivity contribution is -0.161. The zero-order chi connectivity index (χ0) is 55.5. The maximum absolute atomic E-state index is 12.9. The molecule has 76 heavy (non-hydrogen) atoms. The molecule has 0 aromatic carbocycles. The molecule has 0 amide bonds. The summed E-state index contributed by atoms with van der Waals surface area (Å²) in [6.07, 6.45) is 66.7. The standard InChI is InChI=1S/C64H111O11P/c1-4-7-10-13-16-19-22-25-27-29-30-32-33-36-38-41-44-47-50-53-62(66)71-57-61(75-64(68)55-52-49-46-43-40-37-34-31-28-26-23-20-17-14-11-8-5-2)59-73-76(69,70)72-58-60(56-65)74-63(67)54-51-48-45-42-39-35-24-21-18-15-12-9-6-3/h7-8,10-11,16-17,19-20,25-28,30,32,60-61,65H,4-6,9,12-15,18,21-24,29,31,33-59H2,1-3H3,(H,69,70)/b10-7-,11-8-,19-16-,20-17-,27-25-,28-26-,32-30-. The molecular weight excluding hydrogens is 976 g/mol. The van der Waals surface area contributed by atoms with Gasteiger partial charge in [0.1, 0.15) is 12.7 Å². The zero-order valence-electron chi connectivity index (χ0n) is 48.5. The Bertz CT molecular complexity index is 1600. The van der Waals surface area contributed by atoms with E-state index in [1.165, 1.54) is 64.2 Å². The van der Waals surface area contributed by atoms with Crippen LogP contribution < -0.4 is 0 Å². The first kappa shape index (κ1) is 72.7. The summed E-state index contributed by atoms with van der Waals surface area (Å²) in [4.78, 5) is 48.6. The summed E-state index contributed by atoms with van der Waals surface area (Å²) >= 11 is 0. The minimum absolute atomic E-state index is 0.151. The third-order valence-corrected chi connectivity index (χ3v) is 13.8. The van der Waals surface area contributed by atoms with Crippen molar-refractivity contribution in [1.29, 1.82) is 0 Å². The number of phosphoric ester groups is 1. The molecule has 12 heteroatoms. The van der Waals surface area contributed by atoms with Crippen LogP contribution in [0.5, 0.6) is 0 Å². The minimum Gasteiger partial charge on any atom is -0.462 e. The number of aliphatic hydroxyl groups is 1. The van der Waals surface area contributed by atoms with Crippen molar-refractivity contribution in [2.75, 3.05) is 26.4 Å². The highest BCUT2D eigenvalue weighted by molar-refractivity contribution is 7.47. The van der Waals surface area contributed by atoms with Crippen molar-refractivity contribution >= 4 is 25.7 Å². The average Bonchev–Trinajstić information content (AvgIpc) is 3.41. The Labute approximate surface area is 464 Å². The van der Waals surface area contributed by atoms with Crippen molar-refractivity contribution in [3.63, 3.8) is 0 Å². The summed E-state index contributed by atoms with van der Waals surface area (Å²) in [5, 5.41) is 9.82. The third-order valence-electron chi connectivity index (χ3n) is 12.8. The van der Waals surface area contributed by atoms with Gasteiger partial charge in [-0.2, -0.15) is 0 Å². The van der Waals surface area contributed by atoms with E-state index in [0.29, 0.717) is 19.3 Å². The number of aliphatic hydroxyl groups excluding tert-OH is 1. The highest BCUT2D eigenvalue weighted by atomic mass is 31.2. The van der Waals surface area contributed by atoms with Gasteiger partial charge in [-0.15, -0.1) is 0 Å². The Morgan fingerprint density at radius 1 is 0.382 bits per heavy atom. The molecule has 2 N–H and O–H groups in total. The van der Waals surface area contributed by atoms with Crippen molar-refractivity contribution < 1.29 is 52.2 Å². The van der Waals surface area contributed by atoms with Crippen molar-refractivity contribution in [3.8, 4) is 0 Å². The molecule has 0 bridgehead atoms. The predicted octanol–water partition coefficient (Wildman–Crippen LogP) is 18.3. The topological polar surface area (TPSA) is 155 Å². The highest BCUT2D eigenvalue weighted by Gasteiger charge is 2.28. The lowest BCUT2D eigenvalue weighted by atomic mass is 10.0. The largest absolute Gasteiger partial charge is 0.472 e. The van der Waals surface area contributed by atoms with E-state index in [1.54, 1.807) is 0 Å². The zero-order valence-corrected chi connectivity index (χ0v) is 49.3. The summed E-state index contributed by atoms with van der Waals surface area (Å²) in [5.74, 6) is -1.49. The number of rotatable bonds is 56. The number of esters is 3. The lowest BCUT2D eigenvalue weighted by Crippen LogP contribution is -2.30. The normalized spacial score (nSPS) is 13.9. The van der Waals surface area contributed by atoms with E-state index in [-0.39, 0.29) is 25.9 Å². The first-order chi connectivity index (χ1) is 37.2. The molecule has 0 saturated carbocycles. The van der Waals surface area contributed by atoms with Crippen LogP contribution in [0.1, 0.15) is 265 Å². The molecule has 0 aliphatic heterocycles. The Kier molecular flexibility index (Phi) is 55.3. The van der Waals surface area contributed by atoms with Crippen molar-refractivity contribution in [1.82, 2.24) is 0 Å². The summed E-state index contributed by atoms with van der Waals surface area (Å²) in [6, 6.07) is 0. The Morgan fingerprint density at radius 2 is 0.684 bits per heavy atom. The summed E-state index contributed by atoms with van der Waals surface area (Å²) in [6.45, 7) is 4.42. The van der Waals surface area contributed by atoms with Gasteiger partial charge in [0, 0.05) is 19.3 Å². The van der Waals surface area contributed by atoms with Crippen molar-refractivity contribution in [3.05, 3.63) is 85.1 Å². The Hall–Kier alpha value is -3.34. The van der Waals surface area contributed by atoms with Crippen LogP contribution in [-0.4, -0.2) is 66.5 Å². The van der Waals surface area contributed by atoms with Gasteiger partial charge in [0.15, 0.2) is 6.10 Å². The fourth-order valence-electron chi connectivity index (χ4n) is 8.25. The fourth-order valence-corrected chi connectivity index (χ4v) is 9.03. The smallest absolute Gasteiger partial charge is 0.462 e. The van der Waals surface area contributed by atoms with Gasteiger partial charge in [-0.3, -0.25) is 23.4 Å². The molecule has 3 atom stereocenters. The first-order valence-corrected chi connectivity index (χ1v) is 32.0. The molecule has 0 aliphatic carbocycles. The SMILES string of the molecule is CC/C=C\C/C=C\C/C=C\C/C=C\CCCCCCCCC(=O)OCC(COP(=O)(O)OCC(CO)OC(=O)CCCCCCCCCCCCCCC)OC(=O)CCCCCCCCC/C=C\C/C=C\C/C=C\CC. The van der Waals surface area contributed by atoms with E-state index >= 15 is 0 Å². The summed E-state index contributed by atoms with van der Waals surface area (Å²) in [7, 11) is -4.76. The van der Waals surface area contributed by atoms with Gasteiger partial charge in [0.25, 0.3) is 0 Å². The molecule has 3 unspecified atom stereocenters. The third kappa shape index (κ3) is 55.4. The minimum atomic E-state index is -4.76. The van der Waals surface area contributed by atoms with E-state index in [1.807, 2.05) is 0 Å². The van der Waals surface area contributed by atoms with Gasteiger partial charge in [-0.25, -0.2) is 4.57 Å². The Balaban J connectivity index is 4.75. The predicted molar refractivity (Wildman–Crippen MR) is 316 cm³/mol. The number of hydrogen-bond donors (Lipinski definition) is 2. The monoisotopic (exact) mass is 1090 g/mol. The molecule has 0 saturated heterocycles. The number of allylic oxidation sites excluding steroid dienone is 14. The van der Waals surface area contributed by atoms with Gasteiger partial charge < -0.3 is 24.2 Å². The van der Waals surface area contributed by atoms with Crippen LogP contribution in [0.25, 0.3) is 0 Å². The maximum Gasteiger partial charge on any atom is 0.472 e. The molecule has 0 aromatic rings. The molecule has 0 radical (unpaired) electrons. The van der Waals surface area contributed by atoms with Crippen LogP contribution in [0.3, 0.4) is 0 Å². The molecular formula is C64H111O11P. The van der Waals surface area contributed by atoms with E-state index in [9.17, 15) is 28.9 Å². The van der Waals surface area contributed by atoms with Crippen molar-refractivity contribution in [2.45, 2.75) is 277 Å². The fraction of sp³-hybridized carbons (Fsp3) is 0.734. The van der Waals surface area contributed by atoms with Crippen molar-refractivity contribution in [2.24, 2.45) is 0 Å². The van der Waals surface area contributed by atoms with E-state index in [2.05, 4.69) is 106 Å². The van der Waals surface area contributed by atoms with Crippen LogP contribution in [0.15, 0.2) is 85.1 Å². The second-order valence-corrected chi connectivity index (χ2v) is 21.6. The molecule has 438 valence electrons. The van der Waals surface area contributed by atoms with Gasteiger partial charge in [-0.05, 0) is 89.9 Å². The Morgan fingerprint density at radius 3 is 1.05 bits per heavy atom. The first-order valence-electron chi connectivity index (χ1n) is 30.5. The number of unbranched alkanes of at least 4 members (excludes halogenated alkanes) is 25.